The molecule has 8 heteroatoms. The number of aryl methyl sites for hydroxylation is 2. The van der Waals surface area contributed by atoms with E-state index in [-0.39, 0.29) is 30.5 Å². The minimum Gasteiger partial charge on any atom is -0.352 e. The lowest BCUT2D eigenvalue weighted by atomic mass is 10.1. The Hall–Kier alpha value is -2.35. The topological polar surface area (TPSA) is 72.9 Å². The third-order valence-electron chi connectivity index (χ3n) is 3.64. The summed E-state index contributed by atoms with van der Waals surface area (Å²) in [5.41, 5.74) is 6.50. The molecule has 0 saturated carbocycles. The molecule has 3 N–H and O–H groups in total. The number of alkyl halides is 3. The van der Waals surface area contributed by atoms with Crippen LogP contribution in [0.3, 0.4) is 0 Å². The van der Waals surface area contributed by atoms with Crippen molar-refractivity contribution in [2.45, 2.75) is 46.0 Å². The zero-order valence-electron chi connectivity index (χ0n) is 14.3. The molecule has 0 radical (unpaired) electrons. The van der Waals surface area contributed by atoms with E-state index in [0.29, 0.717) is 5.69 Å². The molecule has 1 heterocycles. The number of carbonyl (C=O) groups is 1. The molecule has 1 atom stereocenters. The summed E-state index contributed by atoms with van der Waals surface area (Å²) in [6.07, 6.45) is -4.47. The Morgan fingerprint density at radius 3 is 2.52 bits per heavy atom. The molecular weight excluding hydrogens is 333 g/mol. The summed E-state index contributed by atoms with van der Waals surface area (Å²) in [5, 5.41) is 6.68. The molecule has 5 nitrogen and oxygen atoms in total. The van der Waals surface area contributed by atoms with Gasteiger partial charge in [0.25, 0.3) is 0 Å². The third-order valence-corrected chi connectivity index (χ3v) is 3.64. The summed E-state index contributed by atoms with van der Waals surface area (Å²) in [4.78, 5) is 11.6. The fourth-order valence-corrected chi connectivity index (χ4v) is 2.56. The van der Waals surface area contributed by atoms with Gasteiger partial charge in [0.05, 0.1) is 16.9 Å². The second-order valence-electron chi connectivity index (χ2n) is 6.14. The number of nitrogens with one attached hydrogen (secondary N) is 1. The van der Waals surface area contributed by atoms with Crippen LogP contribution in [0.15, 0.2) is 24.3 Å². The van der Waals surface area contributed by atoms with Crippen molar-refractivity contribution in [3.05, 3.63) is 46.8 Å². The Bertz CT molecular complexity index is 766. The van der Waals surface area contributed by atoms with Crippen LogP contribution in [0.1, 0.15) is 35.9 Å². The Balaban J connectivity index is 2.32. The Morgan fingerprint density at radius 2 is 2.00 bits per heavy atom. The summed E-state index contributed by atoms with van der Waals surface area (Å²) in [6, 6.07) is 5.40. The first-order valence-electron chi connectivity index (χ1n) is 7.84. The van der Waals surface area contributed by atoms with Crippen LogP contribution in [0, 0.1) is 13.8 Å². The van der Waals surface area contributed by atoms with Gasteiger partial charge in [0.1, 0.15) is 0 Å². The Kier molecular flexibility index (Phi) is 5.52. The van der Waals surface area contributed by atoms with E-state index in [2.05, 4.69) is 10.4 Å². The van der Waals surface area contributed by atoms with Gasteiger partial charge in [-0.15, -0.1) is 0 Å². The second-order valence-corrected chi connectivity index (χ2v) is 6.14. The molecule has 0 spiro atoms. The molecule has 1 aromatic heterocycles. The summed E-state index contributed by atoms with van der Waals surface area (Å²) in [7, 11) is 0. The molecule has 1 unspecified atom stereocenters. The molecule has 2 rings (SSSR count). The van der Waals surface area contributed by atoms with E-state index in [1.807, 2.05) is 0 Å². The van der Waals surface area contributed by atoms with Crippen LogP contribution in [0.4, 0.5) is 13.2 Å². The van der Waals surface area contributed by atoms with Crippen LogP contribution in [0.2, 0.25) is 0 Å². The largest absolute Gasteiger partial charge is 0.416 e. The van der Waals surface area contributed by atoms with Crippen molar-refractivity contribution in [1.29, 1.82) is 0 Å². The molecule has 2 aromatic rings. The first kappa shape index (κ1) is 19.0. The van der Waals surface area contributed by atoms with Crippen molar-refractivity contribution in [2.75, 3.05) is 0 Å². The van der Waals surface area contributed by atoms with Crippen LogP contribution in [0.25, 0.3) is 5.69 Å². The number of nitrogens with two attached hydrogens (primary N) is 1. The fourth-order valence-electron chi connectivity index (χ4n) is 2.56. The summed E-state index contributed by atoms with van der Waals surface area (Å²) in [5.74, 6) is -0.384. The maximum absolute atomic E-state index is 13.4. The van der Waals surface area contributed by atoms with Crippen molar-refractivity contribution in [2.24, 2.45) is 5.73 Å². The summed E-state index contributed by atoms with van der Waals surface area (Å²) < 4.78 is 41.7. The highest BCUT2D eigenvalue weighted by Gasteiger charge is 2.34. The van der Waals surface area contributed by atoms with Gasteiger partial charge in [0.15, 0.2) is 0 Å². The zero-order valence-corrected chi connectivity index (χ0v) is 14.3. The van der Waals surface area contributed by atoms with Crippen LogP contribution < -0.4 is 11.1 Å². The molecule has 0 fully saturated rings. The molecule has 25 heavy (non-hydrogen) atoms. The number of halogens is 3. The Labute approximate surface area is 144 Å². The van der Waals surface area contributed by atoms with Crippen molar-refractivity contribution >= 4 is 5.91 Å². The minimum absolute atomic E-state index is 0.00388. The smallest absolute Gasteiger partial charge is 0.352 e. The van der Waals surface area contributed by atoms with Crippen LogP contribution in [0.5, 0.6) is 0 Å². The number of carbonyl (C=O) groups excluding carboxylic acids is 1. The van der Waals surface area contributed by atoms with Gasteiger partial charge in [-0.3, -0.25) is 4.79 Å². The SMILES string of the molecule is Cc1cc(C)n(-c2ccc(CNC(=O)CC(C)N)c(C(F)(F)F)c2)n1. The molecule has 0 saturated heterocycles. The van der Waals surface area contributed by atoms with Crippen molar-refractivity contribution in [1.82, 2.24) is 15.1 Å². The van der Waals surface area contributed by atoms with Crippen LogP contribution in [-0.2, 0) is 17.5 Å². The average molecular weight is 354 g/mol. The lowest BCUT2D eigenvalue weighted by Gasteiger charge is -2.16. The van der Waals surface area contributed by atoms with Gasteiger partial charge in [0, 0.05) is 24.7 Å². The van der Waals surface area contributed by atoms with E-state index in [9.17, 15) is 18.0 Å². The predicted octanol–water partition coefficient (Wildman–Crippen LogP) is 2.86. The predicted molar refractivity (Wildman–Crippen MR) is 88.2 cm³/mol. The zero-order chi connectivity index (χ0) is 18.8. The minimum atomic E-state index is -4.53. The van der Waals surface area contributed by atoms with Crippen LogP contribution >= 0.6 is 0 Å². The number of hydrogen-bond donors (Lipinski definition) is 2. The first-order chi connectivity index (χ1) is 11.6. The second kappa shape index (κ2) is 7.26. The highest BCUT2D eigenvalue weighted by atomic mass is 19.4. The molecular formula is C17H21F3N4O. The normalized spacial score (nSPS) is 12.9. The number of benzene rings is 1. The van der Waals surface area contributed by atoms with Gasteiger partial charge >= 0.3 is 6.18 Å². The monoisotopic (exact) mass is 354 g/mol. The molecule has 1 amide bonds. The molecule has 136 valence electrons. The fraction of sp³-hybridized carbons (Fsp3) is 0.412. The van der Waals surface area contributed by atoms with Gasteiger partial charge in [0.2, 0.25) is 5.91 Å². The molecule has 0 aliphatic heterocycles. The average Bonchev–Trinajstić information content (AvgIpc) is 2.82. The van der Waals surface area contributed by atoms with Gasteiger partial charge in [-0.2, -0.15) is 18.3 Å². The van der Waals surface area contributed by atoms with E-state index in [1.54, 1.807) is 32.9 Å². The lowest BCUT2D eigenvalue weighted by molar-refractivity contribution is -0.138. The van der Waals surface area contributed by atoms with E-state index in [4.69, 9.17) is 5.73 Å². The van der Waals surface area contributed by atoms with E-state index in [0.717, 1.165) is 17.5 Å². The maximum Gasteiger partial charge on any atom is 0.416 e. The molecule has 0 bridgehead atoms. The Morgan fingerprint density at radius 1 is 1.32 bits per heavy atom. The van der Waals surface area contributed by atoms with E-state index >= 15 is 0 Å². The van der Waals surface area contributed by atoms with Gasteiger partial charge in [-0.05, 0) is 44.5 Å². The lowest BCUT2D eigenvalue weighted by Crippen LogP contribution is -2.30. The molecule has 0 aliphatic carbocycles. The quantitative estimate of drug-likeness (QED) is 0.867. The number of hydrogen-bond acceptors (Lipinski definition) is 3. The summed E-state index contributed by atoms with van der Waals surface area (Å²) in [6.45, 7) is 4.99. The number of aromatic nitrogens is 2. The van der Waals surface area contributed by atoms with Gasteiger partial charge < -0.3 is 11.1 Å². The van der Waals surface area contributed by atoms with E-state index < -0.39 is 11.7 Å². The standard InChI is InChI=1S/C17H21F3N4O/c1-10(21)6-16(25)22-9-13-4-5-14(8-15(13)17(18,19)20)24-12(3)7-11(2)23-24/h4-5,7-8,10H,6,9,21H2,1-3H3,(H,22,25). The number of amides is 1. The van der Waals surface area contributed by atoms with Crippen molar-refractivity contribution in [3.63, 3.8) is 0 Å². The summed E-state index contributed by atoms with van der Waals surface area (Å²) >= 11 is 0. The maximum atomic E-state index is 13.4. The van der Waals surface area contributed by atoms with Crippen molar-refractivity contribution in [3.8, 4) is 5.69 Å². The number of rotatable bonds is 5. The van der Waals surface area contributed by atoms with Gasteiger partial charge in [-0.25, -0.2) is 4.68 Å². The van der Waals surface area contributed by atoms with Crippen molar-refractivity contribution < 1.29 is 18.0 Å². The molecule has 0 aliphatic rings. The third kappa shape index (κ3) is 4.82. The first-order valence-corrected chi connectivity index (χ1v) is 7.84. The highest BCUT2D eigenvalue weighted by molar-refractivity contribution is 5.76. The van der Waals surface area contributed by atoms with Gasteiger partial charge in [-0.1, -0.05) is 6.07 Å². The highest BCUT2D eigenvalue weighted by Crippen LogP contribution is 2.33. The van der Waals surface area contributed by atoms with Crippen LogP contribution in [-0.4, -0.2) is 21.7 Å². The molecule has 1 aromatic carbocycles. The van der Waals surface area contributed by atoms with E-state index in [1.165, 1.54) is 10.7 Å². The number of nitrogens with zero attached hydrogens (tertiary/aromatic N) is 2.